The van der Waals surface area contributed by atoms with Gasteiger partial charge in [-0.05, 0) is 24.5 Å². The summed E-state index contributed by atoms with van der Waals surface area (Å²) in [6, 6.07) is 3.96. The highest BCUT2D eigenvalue weighted by Crippen LogP contribution is 2.15. The van der Waals surface area contributed by atoms with Crippen molar-refractivity contribution in [2.75, 3.05) is 6.54 Å². The van der Waals surface area contributed by atoms with Crippen molar-refractivity contribution >= 4 is 17.2 Å². The van der Waals surface area contributed by atoms with Crippen molar-refractivity contribution in [3.63, 3.8) is 0 Å². The van der Waals surface area contributed by atoms with Crippen molar-refractivity contribution in [3.8, 4) is 11.8 Å². The molecule has 1 aromatic heterocycles. The van der Waals surface area contributed by atoms with Crippen LogP contribution < -0.4 is 11.1 Å². The van der Waals surface area contributed by atoms with E-state index in [1.54, 1.807) is 11.3 Å². The van der Waals surface area contributed by atoms with Gasteiger partial charge in [-0.2, -0.15) is 0 Å². The standard InChI is InChI=1S/C14H20N2OS/c1-11(2)5-8-14(17)16-10-13-7-6-12(18-13)4-3-9-15/h6-7,11H,5,8-10,15H2,1-2H3,(H,16,17). The van der Waals surface area contributed by atoms with Gasteiger partial charge in [-0.25, -0.2) is 0 Å². The van der Waals surface area contributed by atoms with Gasteiger partial charge in [0, 0.05) is 11.3 Å². The van der Waals surface area contributed by atoms with Gasteiger partial charge in [0.05, 0.1) is 18.0 Å². The molecule has 4 heteroatoms. The van der Waals surface area contributed by atoms with Crippen molar-refractivity contribution in [1.29, 1.82) is 0 Å². The summed E-state index contributed by atoms with van der Waals surface area (Å²) in [6.07, 6.45) is 1.53. The summed E-state index contributed by atoms with van der Waals surface area (Å²) in [5.41, 5.74) is 5.31. The van der Waals surface area contributed by atoms with Crippen LogP contribution in [-0.4, -0.2) is 12.5 Å². The van der Waals surface area contributed by atoms with E-state index in [2.05, 4.69) is 31.0 Å². The van der Waals surface area contributed by atoms with Crippen molar-refractivity contribution in [2.45, 2.75) is 33.2 Å². The summed E-state index contributed by atoms with van der Waals surface area (Å²) < 4.78 is 0. The Morgan fingerprint density at radius 2 is 2.28 bits per heavy atom. The minimum Gasteiger partial charge on any atom is -0.351 e. The Labute approximate surface area is 113 Å². The minimum atomic E-state index is 0.117. The first-order valence-corrected chi connectivity index (χ1v) is 6.97. The van der Waals surface area contributed by atoms with Crippen LogP contribution in [0.4, 0.5) is 0 Å². The van der Waals surface area contributed by atoms with Gasteiger partial charge in [0.1, 0.15) is 0 Å². The van der Waals surface area contributed by atoms with Crippen LogP contribution in [0.2, 0.25) is 0 Å². The number of thiophene rings is 1. The average molecular weight is 264 g/mol. The van der Waals surface area contributed by atoms with E-state index in [9.17, 15) is 4.79 Å². The van der Waals surface area contributed by atoms with Crippen LogP contribution in [0.15, 0.2) is 12.1 Å². The highest BCUT2D eigenvalue weighted by atomic mass is 32.1. The molecule has 0 aromatic carbocycles. The van der Waals surface area contributed by atoms with Crippen molar-refractivity contribution in [3.05, 3.63) is 21.9 Å². The molecule has 0 aliphatic carbocycles. The lowest BCUT2D eigenvalue weighted by Gasteiger charge is -2.05. The van der Waals surface area contributed by atoms with Gasteiger partial charge >= 0.3 is 0 Å². The Morgan fingerprint density at radius 1 is 1.50 bits per heavy atom. The normalized spacial score (nSPS) is 10.0. The molecule has 0 fully saturated rings. The molecular formula is C14H20N2OS. The third-order valence-corrected chi connectivity index (χ3v) is 3.38. The van der Waals surface area contributed by atoms with Crippen molar-refractivity contribution < 1.29 is 4.79 Å². The van der Waals surface area contributed by atoms with E-state index in [0.29, 0.717) is 25.4 Å². The Hall–Kier alpha value is -1.31. The van der Waals surface area contributed by atoms with E-state index >= 15 is 0 Å². The summed E-state index contributed by atoms with van der Waals surface area (Å²) in [6.45, 7) is 5.20. The molecule has 3 N–H and O–H groups in total. The average Bonchev–Trinajstić information content (AvgIpc) is 2.79. The third kappa shape index (κ3) is 5.85. The predicted molar refractivity (Wildman–Crippen MR) is 76.2 cm³/mol. The van der Waals surface area contributed by atoms with Gasteiger partial charge < -0.3 is 11.1 Å². The number of carbonyl (C=O) groups excluding carboxylic acids is 1. The summed E-state index contributed by atoms with van der Waals surface area (Å²) >= 11 is 1.60. The quantitative estimate of drug-likeness (QED) is 0.800. The lowest BCUT2D eigenvalue weighted by Crippen LogP contribution is -2.22. The maximum atomic E-state index is 11.5. The van der Waals surface area contributed by atoms with E-state index in [-0.39, 0.29) is 5.91 Å². The van der Waals surface area contributed by atoms with Crippen LogP contribution >= 0.6 is 11.3 Å². The van der Waals surface area contributed by atoms with E-state index < -0.39 is 0 Å². The van der Waals surface area contributed by atoms with Crippen LogP contribution in [-0.2, 0) is 11.3 Å². The van der Waals surface area contributed by atoms with Gasteiger partial charge in [0.2, 0.25) is 5.91 Å². The third-order valence-electron chi connectivity index (χ3n) is 2.38. The molecule has 0 radical (unpaired) electrons. The number of rotatable bonds is 5. The fourth-order valence-electron chi connectivity index (χ4n) is 1.37. The topological polar surface area (TPSA) is 55.1 Å². The smallest absolute Gasteiger partial charge is 0.220 e. The highest BCUT2D eigenvalue weighted by molar-refractivity contribution is 7.12. The zero-order valence-electron chi connectivity index (χ0n) is 11.0. The van der Waals surface area contributed by atoms with Gasteiger partial charge in [-0.15, -0.1) is 11.3 Å². The molecule has 0 spiro atoms. The van der Waals surface area contributed by atoms with Gasteiger partial charge in [0.25, 0.3) is 0 Å². The predicted octanol–water partition coefficient (Wildman–Crippen LogP) is 2.11. The van der Waals surface area contributed by atoms with Crippen molar-refractivity contribution in [2.24, 2.45) is 11.7 Å². The largest absolute Gasteiger partial charge is 0.351 e. The number of hydrogen-bond acceptors (Lipinski definition) is 3. The second-order valence-corrected chi connectivity index (χ2v) is 5.65. The first-order chi connectivity index (χ1) is 8.61. The molecule has 0 saturated carbocycles. The molecule has 3 nitrogen and oxygen atoms in total. The lowest BCUT2D eigenvalue weighted by atomic mass is 10.1. The molecule has 1 amide bonds. The Kier molecular flexibility index (Phi) is 6.48. The minimum absolute atomic E-state index is 0.117. The summed E-state index contributed by atoms with van der Waals surface area (Å²) in [5, 5.41) is 2.92. The van der Waals surface area contributed by atoms with E-state index in [1.807, 2.05) is 12.1 Å². The molecule has 0 unspecified atom stereocenters. The fraction of sp³-hybridized carbons (Fsp3) is 0.500. The molecule has 98 valence electrons. The summed E-state index contributed by atoms with van der Waals surface area (Å²) in [4.78, 5) is 13.7. The summed E-state index contributed by atoms with van der Waals surface area (Å²) in [7, 11) is 0. The molecule has 0 aliphatic heterocycles. The Bertz CT molecular complexity index is 440. The van der Waals surface area contributed by atoms with E-state index in [0.717, 1.165) is 16.2 Å². The number of carbonyl (C=O) groups is 1. The molecule has 0 atom stereocenters. The van der Waals surface area contributed by atoms with Crippen LogP contribution in [0.5, 0.6) is 0 Å². The van der Waals surface area contributed by atoms with E-state index in [4.69, 9.17) is 5.73 Å². The van der Waals surface area contributed by atoms with Gasteiger partial charge in [-0.3, -0.25) is 4.79 Å². The maximum Gasteiger partial charge on any atom is 0.220 e. The second-order valence-electron chi connectivity index (χ2n) is 4.48. The Balaban J connectivity index is 2.35. The number of amides is 1. The zero-order chi connectivity index (χ0) is 13.4. The fourth-order valence-corrected chi connectivity index (χ4v) is 2.19. The molecule has 18 heavy (non-hydrogen) atoms. The molecule has 1 heterocycles. The van der Waals surface area contributed by atoms with Gasteiger partial charge in [-0.1, -0.05) is 25.7 Å². The monoisotopic (exact) mass is 264 g/mol. The molecule has 0 bridgehead atoms. The number of hydrogen-bond donors (Lipinski definition) is 2. The molecule has 0 saturated heterocycles. The van der Waals surface area contributed by atoms with Crippen LogP contribution in [0.3, 0.4) is 0 Å². The Morgan fingerprint density at radius 3 is 2.94 bits per heavy atom. The summed E-state index contributed by atoms with van der Waals surface area (Å²) in [5.74, 6) is 6.48. The van der Waals surface area contributed by atoms with Crippen molar-refractivity contribution in [1.82, 2.24) is 5.32 Å². The SMILES string of the molecule is CC(C)CCC(=O)NCc1ccc(C#CCN)s1. The van der Waals surface area contributed by atoms with Gasteiger partial charge in [0.15, 0.2) is 0 Å². The lowest BCUT2D eigenvalue weighted by molar-refractivity contribution is -0.121. The molecule has 0 aliphatic rings. The first-order valence-electron chi connectivity index (χ1n) is 6.16. The molecule has 1 aromatic rings. The molecule has 1 rings (SSSR count). The molecular weight excluding hydrogens is 244 g/mol. The van der Waals surface area contributed by atoms with Crippen LogP contribution in [0, 0.1) is 17.8 Å². The van der Waals surface area contributed by atoms with E-state index in [1.165, 1.54) is 0 Å². The zero-order valence-corrected chi connectivity index (χ0v) is 11.8. The maximum absolute atomic E-state index is 11.5. The number of nitrogens with two attached hydrogens (primary N) is 1. The van der Waals surface area contributed by atoms with Crippen LogP contribution in [0.25, 0.3) is 0 Å². The number of nitrogens with one attached hydrogen (secondary N) is 1. The van der Waals surface area contributed by atoms with Crippen LogP contribution in [0.1, 0.15) is 36.4 Å². The first kappa shape index (κ1) is 14.7. The highest BCUT2D eigenvalue weighted by Gasteiger charge is 2.04. The second kappa shape index (κ2) is 7.91.